The molecule has 0 atom stereocenters. The zero-order valence-electron chi connectivity index (χ0n) is 18.0. The lowest BCUT2D eigenvalue weighted by Gasteiger charge is -2.14. The van der Waals surface area contributed by atoms with Gasteiger partial charge in [-0.15, -0.1) is 0 Å². The van der Waals surface area contributed by atoms with Crippen molar-refractivity contribution in [1.82, 2.24) is 9.66 Å². The topological polar surface area (TPSA) is 65.7 Å². The number of nitrogens with zero attached hydrogens (tertiary/aromatic N) is 3. The standard InChI is InChI=1S/C24H17Br3IN3O3/c1-13-30-21-6-5-16(25)9-18(21)24(32)31(13)29-11-14-7-20(28)23(22(8-14)33-2)34-12-15-3-4-17(26)10-19(15)27/h3-11H,12H2,1-2H3. The number of hydrogen-bond acceptors (Lipinski definition) is 5. The maximum atomic E-state index is 13.0. The number of halogens is 4. The van der Waals surface area contributed by atoms with Crippen LogP contribution in [0.3, 0.4) is 0 Å². The fourth-order valence-electron chi connectivity index (χ4n) is 3.26. The van der Waals surface area contributed by atoms with E-state index in [9.17, 15) is 4.79 Å². The largest absolute Gasteiger partial charge is 0.493 e. The summed E-state index contributed by atoms with van der Waals surface area (Å²) in [5.41, 5.74) is 2.17. The minimum atomic E-state index is -0.234. The van der Waals surface area contributed by atoms with Gasteiger partial charge in [-0.05, 0) is 77.5 Å². The molecule has 6 nitrogen and oxygen atoms in total. The van der Waals surface area contributed by atoms with Crippen molar-refractivity contribution in [3.8, 4) is 11.5 Å². The normalized spacial score (nSPS) is 11.4. The van der Waals surface area contributed by atoms with E-state index in [0.717, 1.165) is 28.1 Å². The lowest BCUT2D eigenvalue weighted by molar-refractivity contribution is 0.281. The Morgan fingerprint density at radius 2 is 1.82 bits per heavy atom. The van der Waals surface area contributed by atoms with Crippen LogP contribution < -0.4 is 15.0 Å². The molecule has 0 aliphatic rings. The first-order valence-corrected chi connectivity index (χ1v) is 13.4. The number of rotatable bonds is 6. The van der Waals surface area contributed by atoms with Gasteiger partial charge in [0.2, 0.25) is 0 Å². The molecule has 34 heavy (non-hydrogen) atoms. The molecule has 0 saturated heterocycles. The fourth-order valence-corrected chi connectivity index (χ4v) is 5.57. The van der Waals surface area contributed by atoms with Crippen molar-refractivity contribution in [1.29, 1.82) is 0 Å². The Bertz CT molecular complexity index is 1490. The van der Waals surface area contributed by atoms with E-state index in [1.165, 1.54) is 4.68 Å². The first-order chi connectivity index (χ1) is 16.3. The van der Waals surface area contributed by atoms with Crippen LogP contribution in [0.4, 0.5) is 0 Å². The molecule has 0 amide bonds. The number of methoxy groups -OCH3 is 1. The molecule has 0 unspecified atom stereocenters. The molecule has 0 bridgehead atoms. The molecule has 0 saturated carbocycles. The highest BCUT2D eigenvalue weighted by Crippen LogP contribution is 2.35. The van der Waals surface area contributed by atoms with Crippen LogP contribution in [-0.2, 0) is 6.61 Å². The van der Waals surface area contributed by atoms with Crippen LogP contribution >= 0.6 is 70.4 Å². The number of ether oxygens (including phenoxy) is 2. The van der Waals surface area contributed by atoms with Crippen LogP contribution in [-0.4, -0.2) is 23.0 Å². The number of aromatic nitrogens is 2. The molecule has 4 aromatic rings. The van der Waals surface area contributed by atoms with Crippen molar-refractivity contribution in [2.45, 2.75) is 13.5 Å². The van der Waals surface area contributed by atoms with Gasteiger partial charge >= 0.3 is 0 Å². The van der Waals surface area contributed by atoms with Gasteiger partial charge in [-0.1, -0.05) is 53.9 Å². The van der Waals surface area contributed by atoms with Crippen LogP contribution in [0.1, 0.15) is 17.0 Å². The van der Waals surface area contributed by atoms with Crippen molar-refractivity contribution in [3.05, 3.63) is 92.8 Å². The molecule has 0 aliphatic heterocycles. The van der Waals surface area contributed by atoms with Gasteiger partial charge in [0.25, 0.3) is 5.56 Å². The van der Waals surface area contributed by atoms with Gasteiger partial charge in [-0.3, -0.25) is 4.79 Å². The molecule has 0 fully saturated rings. The Kier molecular flexibility index (Phi) is 8.11. The fraction of sp³-hybridized carbons (Fsp3) is 0.125. The van der Waals surface area contributed by atoms with Crippen LogP contribution in [0.5, 0.6) is 11.5 Å². The van der Waals surface area contributed by atoms with E-state index in [1.54, 1.807) is 32.4 Å². The average Bonchev–Trinajstić information content (AvgIpc) is 2.79. The zero-order valence-corrected chi connectivity index (χ0v) is 24.9. The van der Waals surface area contributed by atoms with Gasteiger partial charge < -0.3 is 9.47 Å². The Hall–Kier alpha value is -1.76. The summed E-state index contributed by atoms with van der Waals surface area (Å²) in [6.45, 7) is 2.13. The molecule has 10 heteroatoms. The van der Waals surface area contributed by atoms with Crippen molar-refractivity contribution >= 4 is 87.5 Å². The second-order valence-electron chi connectivity index (χ2n) is 7.24. The second kappa shape index (κ2) is 10.9. The molecular formula is C24H17Br3IN3O3. The van der Waals surface area contributed by atoms with E-state index < -0.39 is 0 Å². The van der Waals surface area contributed by atoms with Crippen LogP contribution in [0.2, 0.25) is 0 Å². The molecular weight excluding hydrogens is 745 g/mol. The maximum absolute atomic E-state index is 13.0. The highest BCUT2D eigenvalue weighted by atomic mass is 127. The van der Waals surface area contributed by atoms with E-state index >= 15 is 0 Å². The predicted octanol–water partition coefficient (Wildman–Crippen LogP) is 7.07. The number of benzene rings is 3. The Balaban J connectivity index is 1.63. The summed E-state index contributed by atoms with van der Waals surface area (Å²) in [6.07, 6.45) is 1.61. The minimum absolute atomic E-state index is 0.234. The van der Waals surface area contributed by atoms with E-state index in [-0.39, 0.29) is 5.56 Å². The molecule has 3 aromatic carbocycles. The molecule has 1 heterocycles. The lowest BCUT2D eigenvalue weighted by Crippen LogP contribution is -2.20. The predicted molar refractivity (Wildman–Crippen MR) is 153 cm³/mol. The average molecular weight is 762 g/mol. The molecule has 4 rings (SSSR count). The van der Waals surface area contributed by atoms with Crippen molar-refractivity contribution < 1.29 is 9.47 Å². The van der Waals surface area contributed by atoms with Gasteiger partial charge in [0, 0.05) is 19.0 Å². The van der Waals surface area contributed by atoms with E-state index in [0.29, 0.717) is 34.8 Å². The summed E-state index contributed by atoms with van der Waals surface area (Å²) in [5, 5.41) is 4.90. The number of fused-ring (bicyclic) bond motifs is 1. The van der Waals surface area contributed by atoms with E-state index in [4.69, 9.17) is 9.47 Å². The van der Waals surface area contributed by atoms with E-state index in [1.807, 2.05) is 36.4 Å². The third-order valence-corrected chi connectivity index (χ3v) is 7.46. The molecule has 0 aliphatic carbocycles. The van der Waals surface area contributed by atoms with Crippen LogP contribution in [0.25, 0.3) is 10.9 Å². The van der Waals surface area contributed by atoms with Gasteiger partial charge in [0.05, 0.1) is 27.8 Å². The monoisotopic (exact) mass is 759 g/mol. The maximum Gasteiger partial charge on any atom is 0.282 e. The van der Waals surface area contributed by atoms with Gasteiger partial charge in [-0.25, -0.2) is 4.98 Å². The van der Waals surface area contributed by atoms with Gasteiger partial charge in [-0.2, -0.15) is 9.78 Å². The Morgan fingerprint density at radius 3 is 2.56 bits per heavy atom. The quantitative estimate of drug-likeness (QED) is 0.156. The van der Waals surface area contributed by atoms with Crippen molar-refractivity contribution in [3.63, 3.8) is 0 Å². The van der Waals surface area contributed by atoms with Crippen molar-refractivity contribution in [2.24, 2.45) is 5.10 Å². The summed E-state index contributed by atoms with van der Waals surface area (Å²) in [4.78, 5) is 17.5. The highest BCUT2D eigenvalue weighted by molar-refractivity contribution is 14.1. The Labute approximate surface area is 234 Å². The van der Waals surface area contributed by atoms with Crippen LogP contribution in [0.15, 0.2) is 71.8 Å². The summed E-state index contributed by atoms with van der Waals surface area (Å²) in [7, 11) is 1.59. The third-order valence-electron chi connectivity index (χ3n) is 4.93. The minimum Gasteiger partial charge on any atom is -0.493 e. The first kappa shape index (κ1) is 25.3. The molecule has 0 N–H and O–H groups in total. The molecule has 174 valence electrons. The van der Waals surface area contributed by atoms with Crippen LogP contribution in [0, 0.1) is 10.5 Å². The zero-order chi connectivity index (χ0) is 24.4. The highest BCUT2D eigenvalue weighted by Gasteiger charge is 2.13. The van der Waals surface area contributed by atoms with Gasteiger partial charge in [0.15, 0.2) is 11.5 Å². The molecule has 1 aromatic heterocycles. The number of hydrogen-bond donors (Lipinski definition) is 0. The van der Waals surface area contributed by atoms with Crippen molar-refractivity contribution in [2.75, 3.05) is 7.11 Å². The summed E-state index contributed by atoms with van der Waals surface area (Å²) in [6, 6.07) is 15.1. The molecule has 0 spiro atoms. The second-order valence-corrected chi connectivity index (χ2v) is 11.1. The summed E-state index contributed by atoms with van der Waals surface area (Å²) in [5.74, 6) is 1.71. The number of aryl methyl sites for hydroxylation is 1. The smallest absolute Gasteiger partial charge is 0.282 e. The lowest BCUT2D eigenvalue weighted by atomic mass is 10.2. The Morgan fingerprint density at radius 1 is 1.09 bits per heavy atom. The first-order valence-electron chi connectivity index (χ1n) is 9.94. The molecule has 0 radical (unpaired) electrons. The third kappa shape index (κ3) is 5.55. The summed E-state index contributed by atoms with van der Waals surface area (Å²) < 4.78 is 16.6. The van der Waals surface area contributed by atoms with Gasteiger partial charge in [0.1, 0.15) is 12.4 Å². The SMILES string of the molecule is COc1cc(C=Nn2c(C)nc3ccc(Br)cc3c2=O)cc(I)c1OCc1ccc(Br)cc1Br. The summed E-state index contributed by atoms with van der Waals surface area (Å²) >= 11 is 12.6. The van der Waals surface area contributed by atoms with E-state index in [2.05, 4.69) is 80.5 Å².